The summed E-state index contributed by atoms with van der Waals surface area (Å²) in [6.07, 6.45) is 7.18. The van der Waals surface area contributed by atoms with E-state index >= 15 is 0 Å². The molecule has 18 heavy (non-hydrogen) atoms. The molecule has 3 aliphatic rings. The van der Waals surface area contributed by atoms with Crippen molar-refractivity contribution in [2.75, 3.05) is 0 Å². The van der Waals surface area contributed by atoms with Crippen molar-refractivity contribution in [2.45, 2.75) is 32.2 Å². The Balaban J connectivity index is 1.71. The van der Waals surface area contributed by atoms with Crippen LogP contribution in [-0.4, -0.2) is 23.0 Å². The average Bonchev–Trinajstić information content (AvgIpc) is 2.98. The van der Waals surface area contributed by atoms with E-state index in [1.54, 1.807) is 0 Å². The van der Waals surface area contributed by atoms with Crippen molar-refractivity contribution in [1.82, 2.24) is 5.32 Å². The van der Waals surface area contributed by atoms with E-state index in [0.717, 1.165) is 6.42 Å². The van der Waals surface area contributed by atoms with E-state index in [1.165, 1.54) is 12.8 Å². The van der Waals surface area contributed by atoms with Gasteiger partial charge in [-0.3, -0.25) is 9.59 Å². The maximum atomic E-state index is 12.3. The van der Waals surface area contributed by atoms with Gasteiger partial charge >= 0.3 is 5.97 Å². The minimum Gasteiger partial charge on any atom is -0.481 e. The summed E-state index contributed by atoms with van der Waals surface area (Å²) in [4.78, 5) is 23.6. The lowest BCUT2D eigenvalue weighted by molar-refractivity contribution is -0.148. The Morgan fingerprint density at radius 2 is 1.83 bits per heavy atom. The highest BCUT2D eigenvalue weighted by atomic mass is 16.4. The van der Waals surface area contributed by atoms with Crippen LogP contribution in [0, 0.1) is 29.6 Å². The second-order valence-electron chi connectivity index (χ2n) is 5.97. The van der Waals surface area contributed by atoms with Crippen LogP contribution in [0.5, 0.6) is 0 Å². The molecule has 2 N–H and O–H groups in total. The van der Waals surface area contributed by atoms with Gasteiger partial charge in [0.2, 0.25) is 5.91 Å². The highest BCUT2D eigenvalue weighted by Gasteiger charge is 2.52. The van der Waals surface area contributed by atoms with Gasteiger partial charge in [0.05, 0.1) is 11.8 Å². The van der Waals surface area contributed by atoms with E-state index in [2.05, 4.69) is 5.32 Å². The van der Waals surface area contributed by atoms with Gasteiger partial charge in [-0.15, -0.1) is 0 Å². The second kappa shape index (κ2) is 4.11. The molecule has 3 aliphatic carbocycles. The summed E-state index contributed by atoms with van der Waals surface area (Å²) in [7, 11) is 0. The number of fused-ring (bicyclic) bond motifs is 2. The highest BCUT2D eigenvalue weighted by Crippen LogP contribution is 2.48. The van der Waals surface area contributed by atoms with Crippen molar-refractivity contribution in [2.24, 2.45) is 29.6 Å². The van der Waals surface area contributed by atoms with Gasteiger partial charge < -0.3 is 10.4 Å². The fraction of sp³-hybridized carbons (Fsp3) is 0.714. The van der Waals surface area contributed by atoms with Crippen molar-refractivity contribution < 1.29 is 14.7 Å². The molecule has 2 fully saturated rings. The fourth-order valence-corrected chi connectivity index (χ4v) is 3.55. The molecule has 5 unspecified atom stereocenters. The molecule has 0 aromatic heterocycles. The van der Waals surface area contributed by atoms with E-state index in [1.807, 2.05) is 19.1 Å². The molecule has 1 amide bonds. The number of allylic oxidation sites excluding steroid dienone is 2. The zero-order valence-electron chi connectivity index (χ0n) is 10.5. The smallest absolute Gasteiger partial charge is 0.307 e. The molecule has 0 radical (unpaired) electrons. The van der Waals surface area contributed by atoms with Crippen LogP contribution in [0.4, 0.5) is 0 Å². The molecule has 0 spiro atoms. The van der Waals surface area contributed by atoms with Gasteiger partial charge in [-0.25, -0.2) is 0 Å². The van der Waals surface area contributed by atoms with E-state index in [9.17, 15) is 14.7 Å². The number of carboxylic acid groups (broad SMARTS) is 1. The SMILES string of the molecule is CC(NC(=O)C1C2C=CC(C2)C1C(=O)O)C1CC1. The molecule has 3 rings (SSSR count). The maximum Gasteiger partial charge on any atom is 0.307 e. The minimum absolute atomic E-state index is 0.0551. The van der Waals surface area contributed by atoms with Crippen LogP contribution in [0.1, 0.15) is 26.2 Å². The van der Waals surface area contributed by atoms with Crippen molar-refractivity contribution >= 4 is 11.9 Å². The molecule has 0 aromatic rings. The van der Waals surface area contributed by atoms with Crippen LogP contribution in [0.25, 0.3) is 0 Å². The van der Waals surface area contributed by atoms with Crippen LogP contribution in [0.15, 0.2) is 12.2 Å². The van der Waals surface area contributed by atoms with Crippen molar-refractivity contribution in [3.8, 4) is 0 Å². The van der Waals surface area contributed by atoms with Gasteiger partial charge in [0, 0.05) is 6.04 Å². The van der Waals surface area contributed by atoms with Crippen LogP contribution in [0.2, 0.25) is 0 Å². The van der Waals surface area contributed by atoms with Gasteiger partial charge in [-0.05, 0) is 43.9 Å². The number of carboxylic acids is 1. The molecule has 0 aromatic carbocycles. The molecular weight excluding hydrogens is 230 g/mol. The lowest BCUT2D eigenvalue weighted by atomic mass is 9.82. The number of carbonyl (C=O) groups excluding carboxylic acids is 1. The van der Waals surface area contributed by atoms with Crippen LogP contribution in [-0.2, 0) is 9.59 Å². The predicted octanol–water partition coefficient (Wildman–Crippen LogP) is 1.42. The number of rotatable bonds is 4. The first-order valence-electron chi connectivity index (χ1n) is 6.79. The number of hydrogen-bond donors (Lipinski definition) is 2. The summed E-state index contributed by atoms with van der Waals surface area (Å²) < 4.78 is 0. The van der Waals surface area contributed by atoms with E-state index in [4.69, 9.17) is 0 Å². The van der Waals surface area contributed by atoms with Crippen LogP contribution < -0.4 is 5.32 Å². The monoisotopic (exact) mass is 249 g/mol. The Kier molecular flexibility index (Phi) is 2.68. The average molecular weight is 249 g/mol. The summed E-state index contributed by atoms with van der Waals surface area (Å²) in [5, 5.41) is 12.3. The fourth-order valence-electron chi connectivity index (χ4n) is 3.55. The maximum absolute atomic E-state index is 12.3. The van der Waals surface area contributed by atoms with Crippen molar-refractivity contribution in [1.29, 1.82) is 0 Å². The number of carbonyl (C=O) groups is 2. The van der Waals surface area contributed by atoms with Gasteiger partial charge in [-0.1, -0.05) is 12.2 Å². The van der Waals surface area contributed by atoms with Gasteiger partial charge in [0.1, 0.15) is 0 Å². The summed E-state index contributed by atoms with van der Waals surface area (Å²) in [6, 6.07) is 0.190. The Labute approximate surface area is 106 Å². The Bertz CT molecular complexity index is 413. The third kappa shape index (κ3) is 1.84. The number of nitrogens with one attached hydrogen (secondary N) is 1. The van der Waals surface area contributed by atoms with Gasteiger partial charge in [-0.2, -0.15) is 0 Å². The summed E-state index contributed by atoms with van der Waals surface area (Å²) in [6.45, 7) is 2.02. The normalized spacial score (nSPS) is 38.7. The first-order chi connectivity index (χ1) is 8.58. The second-order valence-corrected chi connectivity index (χ2v) is 5.97. The van der Waals surface area contributed by atoms with Gasteiger partial charge in [0.15, 0.2) is 0 Å². The van der Waals surface area contributed by atoms with E-state index in [0.29, 0.717) is 5.92 Å². The standard InChI is InChI=1S/C14H19NO3/c1-7(8-2-3-8)15-13(16)11-9-4-5-10(6-9)12(11)14(17)18/h4-5,7-12H,2-3,6H2,1H3,(H,15,16)(H,17,18). The zero-order valence-corrected chi connectivity index (χ0v) is 10.5. The molecule has 0 heterocycles. The summed E-state index contributed by atoms with van der Waals surface area (Å²) in [5.74, 6) is -0.983. The topological polar surface area (TPSA) is 66.4 Å². The molecule has 98 valence electrons. The first-order valence-corrected chi connectivity index (χ1v) is 6.79. The molecule has 4 nitrogen and oxygen atoms in total. The minimum atomic E-state index is -0.828. The molecule has 4 heteroatoms. The Morgan fingerprint density at radius 3 is 2.39 bits per heavy atom. The lowest BCUT2D eigenvalue weighted by Crippen LogP contribution is -2.44. The van der Waals surface area contributed by atoms with Crippen molar-refractivity contribution in [3.05, 3.63) is 12.2 Å². The Hall–Kier alpha value is -1.32. The van der Waals surface area contributed by atoms with Crippen molar-refractivity contribution in [3.63, 3.8) is 0 Å². The van der Waals surface area contributed by atoms with Crippen LogP contribution in [0.3, 0.4) is 0 Å². The quantitative estimate of drug-likeness (QED) is 0.741. The van der Waals surface area contributed by atoms with Crippen LogP contribution >= 0.6 is 0 Å². The number of amides is 1. The lowest BCUT2D eigenvalue weighted by Gasteiger charge is -2.25. The Morgan fingerprint density at radius 1 is 1.22 bits per heavy atom. The first kappa shape index (κ1) is 11.8. The molecule has 2 saturated carbocycles. The number of aliphatic carboxylic acids is 1. The van der Waals surface area contributed by atoms with E-state index in [-0.39, 0.29) is 29.7 Å². The zero-order chi connectivity index (χ0) is 12.9. The predicted molar refractivity (Wildman–Crippen MR) is 65.7 cm³/mol. The summed E-state index contributed by atoms with van der Waals surface area (Å²) in [5.41, 5.74) is 0. The molecule has 2 bridgehead atoms. The third-order valence-electron chi connectivity index (χ3n) is 4.75. The summed E-state index contributed by atoms with van der Waals surface area (Å²) >= 11 is 0. The molecular formula is C14H19NO3. The third-order valence-corrected chi connectivity index (χ3v) is 4.75. The van der Waals surface area contributed by atoms with Gasteiger partial charge in [0.25, 0.3) is 0 Å². The largest absolute Gasteiger partial charge is 0.481 e. The van der Waals surface area contributed by atoms with E-state index < -0.39 is 11.9 Å². The molecule has 0 aliphatic heterocycles. The number of hydrogen-bond acceptors (Lipinski definition) is 2. The molecule has 0 saturated heterocycles. The molecule has 5 atom stereocenters. The highest BCUT2D eigenvalue weighted by molar-refractivity contribution is 5.87.